The predicted molar refractivity (Wildman–Crippen MR) is 56.7 cm³/mol. The highest BCUT2D eigenvalue weighted by Gasteiger charge is 2.22. The van der Waals surface area contributed by atoms with E-state index in [0.29, 0.717) is 6.42 Å². The van der Waals surface area contributed by atoms with Gasteiger partial charge in [0.1, 0.15) is 12.2 Å². The highest BCUT2D eigenvalue weighted by atomic mass is 16.6. The van der Waals surface area contributed by atoms with Crippen molar-refractivity contribution < 1.29 is 14.8 Å². The van der Waals surface area contributed by atoms with Crippen molar-refractivity contribution in [3.8, 4) is 0 Å². The Morgan fingerprint density at radius 1 is 1.71 bits per heavy atom. The summed E-state index contributed by atoms with van der Waals surface area (Å²) in [5, 5.41) is 19.5. The second kappa shape index (κ2) is 5.19. The molecule has 0 saturated carbocycles. The number of carbonyl (C=O) groups is 1. The zero-order chi connectivity index (χ0) is 13.0. The lowest BCUT2D eigenvalue weighted by Gasteiger charge is -2.13. The number of aromatic nitrogens is 2. The molecule has 1 rings (SSSR count). The average Bonchev–Trinajstić information content (AvgIpc) is 2.26. The first-order valence-corrected chi connectivity index (χ1v) is 4.92. The number of hydrogen-bond acceptors (Lipinski definition) is 5. The Balaban J connectivity index is 3.26. The van der Waals surface area contributed by atoms with Gasteiger partial charge in [-0.15, -0.1) is 0 Å². The van der Waals surface area contributed by atoms with Gasteiger partial charge in [0, 0.05) is 0 Å². The highest BCUT2D eigenvalue weighted by molar-refractivity contribution is 5.71. The molecule has 0 radical (unpaired) electrons. The lowest BCUT2D eigenvalue weighted by Crippen LogP contribution is -2.31. The molecule has 0 spiro atoms. The van der Waals surface area contributed by atoms with Crippen LogP contribution in [-0.2, 0) is 4.79 Å². The van der Waals surface area contributed by atoms with E-state index in [1.807, 2.05) is 0 Å². The summed E-state index contributed by atoms with van der Waals surface area (Å²) in [5.41, 5.74) is -1.22. The summed E-state index contributed by atoms with van der Waals surface area (Å²) in [6.45, 7) is 1.76. The van der Waals surface area contributed by atoms with Crippen molar-refractivity contribution in [1.82, 2.24) is 9.55 Å². The summed E-state index contributed by atoms with van der Waals surface area (Å²) in [6.07, 6.45) is 2.46. The van der Waals surface area contributed by atoms with E-state index in [2.05, 4.69) is 4.98 Å². The van der Waals surface area contributed by atoms with Crippen LogP contribution in [0.1, 0.15) is 25.8 Å². The summed E-state index contributed by atoms with van der Waals surface area (Å²) in [4.78, 5) is 35.4. The molecule has 8 nitrogen and oxygen atoms in total. The number of nitrogens with zero attached hydrogens (tertiary/aromatic N) is 3. The number of rotatable bonds is 5. The van der Waals surface area contributed by atoms with E-state index in [0.717, 1.165) is 17.0 Å². The van der Waals surface area contributed by atoms with E-state index in [1.165, 1.54) is 0 Å². The standard InChI is InChI=1S/C9H11N3O5/c1-2-3-7(8(13)14)11-5-6(12(16)17)4-10-9(11)15/h4-5,7H,2-3H2,1H3,(H,13,14). The first-order valence-electron chi connectivity index (χ1n) is 4.92. The first kappa shape index (κ1) is 12.8. The number of nitro groups is 1. The maximum atomic E-state index is 11.4. The Morgan fingerprint density at radius 2 is 2.35 bits per heavy atom. The largest absolute Gasteiger partial charge is 0.480 e. The molecule has 1 aromatic rings. The van der Waals surface area contributed by atoms with Gasteiger partial charge in [0.25, 0.3) is 0 Å². The minimum atomic E-state index is -1.21. The molecular formula is C9H11N3O5. The smallest absolute Gasteiger partial charge is 0.348 e. The Labute approximate surface area is 95.7 Å². The van der Waals surface area contributed by atoms with E-state index < -0.39 is 28.3 Å². The molecule has 0 aliphatic rings. The van der Waals surface area contributed by atoms with Crippen LogP contribution >= 0.6 is 0 Å². The molecule has 0 aliphatic carbocycles. The van der Waals surface area contributed by atoms with Crippen molar-refractivity contribution in [2.45, 2.75) is 25.8 Å². The van der Waals surface area contributed by atoms with Crippen LogP contribution in [0.15, 0.2) is 17.2 Å². The molecule has 17 heavy (non-hydrogen) atoms. The van der Waals surface area contributed by atoms with Crippen LogP contribution in [0.25, 0.3) is 0 Å². The molecule has 0 aliphatic heterocycles. The van der Waals surface area contributed by atoms with E-state index in [1.54, 1.807) is 6.92 Å². The first-order chi connectivity index (χ1) is 7.97. The van der Waals surface area contributed by atoms with Crippen LogP contribution in [0.5, 0.6) is 0 Å². The van der Waals surface area contributed by atoms with Crippen molar-refractivity contribution in [3.63, 3.8) is 0 Å². The molecule has 1 atom stereocenters. The summed E-state index contributed by atoms with van der Waals surface area (Å²) < 4.78 is 0.782. The number of aliphatic carboxylic acids is 1. The fraction of sp³-hybridized carbons (Fsp3) is 0.444. The third-order valence-corrected chi connectivity index (χ3v) is 2.19. The van der Waals surface area contributed by atoms with Crippen LogP contribution in [0.3, 0.4) is 0 Å². The Kier molecular flexibility index (Phi) is 3.91. The fourth-order valence-electron chi connectivity index (χ4n) is 1.39. The molecular weight excluding hydrogens is 230 g/mol. The minimum Gasteiger partial charge on any atom is -0.480 e. The monoisotopic (exact) mass is 241 g/mol. The van der Waals surface area contributed by atoms with Gasteiger partial charge in [-0.2, -0.15) is 4.98 Å². The highest BCUT2D eigenvalue weighted by Crippen LogP contribution is 2.14. The van der Waals surface area contributed by atoms with Gasteiger partial charge in [-0.1, -0.05) is 13.3 Å². The average molecular weight is 241 g/mol. The van der Waals surface area contributed by atoms with Gasteiger partial charge in [-0.3, -0.25) is 14.7 Å². The second-order valence-corrected chi connectivity index (χ2v) is 3.40. The topological polar surface area (TPSA) is 115 Å². The van der Waals surface area contributed by atoms with Crippen LogP contribution in [-0.4, -0.2) is 25.6 Å². The number of carboxylic acid groups (broad SMARTS) is 1. The lowest BCUT2D eigenvalue weighted by atomic mass is 10.1. The van der Waals surface area contributed by atoms with Crippen molar-refractivity contribution >= 4 is 11.7 Å². The number of carboxylic acids is 1. The Bertz CT molecular complexity index is 496. The van der Waals surface area contributed by atoms with Gasteiger partial charge in [-0.25, -0.2) is 9.59 Å². The molecule has 1 N–H and O–H groups in total. The van der Waals surface area contributed by atoms with Gasteiger partial charge < -0.3 is 5.11 Å². The molecule has 92 valence electrons. The summed E-state index contributed by atoms with van der Waals surface area (Å²) in [5.74, 6) is -1.21. The maximum absolute atomic E-state index is 11.4. The van der Waals surface area contributed by atoms with Crippen LogP contribution in [0.2, 0.25) is 0 Å². The van der Waals surface area contributed by atoms with Crippen molar-refractivity contribution in [3.05, 3.63) is 33.0 Å². The molecule has 0 amide bonds. The Morgan fingerprint density at radius 3 is 2.82 bits per heavy atom. The van der Waals surface area contributed by atoms with E-state index in [4.69, 9.17) is 5.11 Å². The van der Waals surface area contributed by atoms with Crippen LogP contribution in [0.4, 0.5) is 5.69 Å². The second-order valence-electron chi connectivity index (χ2n) is 3.40. The van der Waals surface area contributed by atoms with Gasteiger partial charge >= 0.3 is 17.3 Å². The number of hydrogen-bond donors (Lipinski definition) is 1. The molecule has 1 heterocycles. The van der Waals surface area contributed by atoms with Gasteiger partial charge in [0.15, 0.2) is 0 Å². The van der Waals surface area contributed by atoms with Crippen molar-refractivity contribution in [1.29, 1.82) is 0 Å². The third kappa shape index (κ3) is 2.86. The molecule has 0 bridgehead atoms. The quantitative estimate of drug-likeness (QED) is 0.595. The van der Waals surface area contributed by atoms with Crippen molar-refractivity contribution in [2.75, 3.05) is 0 Å². The van der Waals surface area contributed by atoms with Gasteiger partial charge in [-0.05, 0) is 6.42 Å². The van der Waals surface area contributed by atoms with Gasteiger partial charge in [0.05, 0.1) is 11.1 Å². The molecule has 0 aromatic carbocycles. The van der Waals surface area contributed by atoms with Crippen LogP contribution < -0.4 is 5.69 Å². The normalized spacial score (nSPS) is 12.1. The third-order valence-electron chi connectivity index (χ3n) is 2.19. The summed E-state index contributed by atoms with van der Waals surface area (Å²) >= 11 is 0. The SMILES string of the molecule is CCCC(C(=O)O)n1cc([N+](=O)[O-])cnc1=O. The van der Waals surface area contributed by atoms with Crippen LogP contribution in [0, 0.1) is 10.1 Å². The predicted octanol–water partition coefficient (Wildman–Crippen LogP) is 0.577. The molecule has 1 aromatic heterocycles. The van der Waals surface area contributed by atoms with Gasteiger partial charge in [0.2, 0.25) is 0 Å². The summed E-state index contributed by atoms with van der Waals surface area (Å²) in [7, 11) is 0. The fourth-order valence-corrected chi connectivity index (χ4v) is 1.39. The van der Waals surface area contributed by atoms with E-state index in [9.17, 15) is 19.7 Å². The summed E-state index contributed by atoms with van der Waals surface area (Å²) in [6, 6.07) is -1.13. The maximum Gasteiger partial charge on any atom is 0.348 e. The lowest BCUT2D eigenvalue weighted by molar-refractivity contribution is -0.385. The minimum absolute atomic E-state index is 0.206. The van der Waals surface area contributed by atoms with Crippen molar-refractivity contribution in [2.24, 2.45) is 0 Å². The van der Waals surface area contributed by atoms with E-state index >= 15 is 0 Å². The molecule has 0 fully saturated rings. The molecule has 8 heteroatoms. The zero-order valence-electron chi connectivity index (χ0n) is 9.07. The Hall–Kier alpha value is -2.25. The zero-order valence-corrected chi connectivity index (χ0v) is 9.07. The molecule has 1 unspecified atom stereocenters. The molecule has 0 saturated heterocycles. The van der Waals surface area contributed by atoms with E-state index in [-0.39, 0.29) is 6.42 Å².